The smallest absolute Gasteiger partial charge is 0.274 e. The zero-order valence-electron chi connectivity index (χ0n) is 31.7. The molecule has 1 amide bonds. The molecule has 0 unspecified atom stereocenters. The standard InChI is InChI=1S/C45H53N5O4/c1-28-32(21-44(53)42-22-39(30-9-10-30)33(24-46-42)26-49-17-13-35(51)14-18-49)5-3-6-37(28)38-7-4-8-41(29(38)2)48-45(54)43-23-40(31-11-12-31)34(25-47-43)27-50-19-15-36(52)16-20-50/h3-8,22-25,30-31,35-36,51-52H,9-21,26-27H2,1-2H3,(H,48,54). The number of aliphatic hydroxyl groups excluding tert-OH is 2. The highest BCUT2D eigenvalue weighted by Crippen LogP contribution is 2.43. The maximum atomic E-state index is 13.8. The van der Waals surface area contributed by atoms with Crippen LogP contribution in [-0.2, 0) is 19.5 Å². The molecule has 9 heteroatoms. The van der Waals surface area contributed by atoms with E-state index >= 15 is 0 Å². The van der Waals surface area contributed by atoms with Crippen molar-refractivity contribution >= 4 is 17.4 Å². The molecule has 282 valence electrons. The molecule has 0 spiro atoms. The Balaban J connectivity index is 0.966. The van der Waals surface area contributed by atoms with E-state index in [0.717, 1.165) is 124 Å². The first-order valence-corrected chi connectivity index (χ1v) is 20.0. The number of carbonyl (C=O) groups is 2. The van der Waals surface area contributed by atoms with Crippen LogP contribution in [0.5, 0.6) is 0 Å². The second-order valence-corrected chi connectivity index (χ2v) is 16.2. The van der Waals surface area contributed by atoms with Crippen LogP contribution >= 0.6 is 0 Å². The Morgan fingerprint density at radius 1 is 0.667 bits per heavy atom. The minimum atomic E-state index is -0.223. The molecule has 2 aliphatic heterocycles. The number of hydrogen-bond donors (Lipinski definition) is 3. The Kier molecular flexibility index (Phi) is 10.8. The fraction of sp³-hybridized carbons (Fsp3) is 0.467. The minimum absolute atomic E-state index is 0.0151. The number of nitrogens with one attached hydrogen (secondary N) is 1. The second kappa shape index (κ2) is 15.8. The molecule has 2 saturated heterocycles. The van der Waals surface area contributed by atoms with Crippen LogP contribution in [0.15, 0.2) is 60.9 Å². The summed E-state index contributed by atoms with van der Waals surface area (Å²) < 4.78 is 0. The fourth-order valence-electron chi connectivity index (χ4n) is 8.40. The van der Waals surface area contributed by atoms with Gasteiger partial charge in [0.1, 0.15) is 11.4 Å². The van der Waals surface area contributed by atoms with Crippen molar-refractivity contribution in [3.63, 3.8) is 0 Å². The quantitative estimate of drug-likeness (QED) is 0.132. The molecule has 9 nitrogen and oxygen atoms in total. The van der Waals surface area contributed by atoms with Crippen molar-refractivity contribution in [3.05, 3.63) is 111 Å². The van der Waals surface area contributed by atoms with Crippen LogP contribution < -0.4 is 5.32 Å². The van der Waals surface area contributed by atoms with E-state index in [1.165, 1.54) is 22.3 Å². The molecule has 0 atom stereocenters. The third-order valence-corrected chi connectivity index (χ3v) is 12.2. The predicted octanol–water partition coefficient (Wildman–Crippen LogP) is 7.11. The highest BCUT2D eigenvalue weighted by Gasteiger charge is 2.30. The number of benzene rings is 2. The molecule has 2 aromatic carbocycles. The van der Waals surface area contributed by atoms with Gasteiger partial charge in [-0.15, -0.1) is 0 Å². The van der Waals surface area contributed by atoms with Crippen LogP contribution in [0.1, 0.15) is 123 Å². The Morgan fingerprint density at radius 3 is 1.72 bits per heavy atom. The van der Waals surface area contributed by atoms with Gasteiger partial charge >= 0.3 is 0 Å². The summed E-state index contributed by atoms with van der Waals surface area (Å²) in [5.74, 6) is 0.775. The second-order valence-electron chi connectivity index (χ2n) is 16.2. The topological polar surface area (TPSA) is 119 Å². The summed E-state index contributed by atoms with van der Waals surface area (Å²) in [7, 11) is 0. The third kappa shape index (κ3) is 8.35. The number of carbonyl (C=O) groups excluding carboxylic acids is 2. The van der Waals surface area contributed by atoms with E-state index in [4.69, 9.17) is 0 Å². The monoisotopic (exact) mass is 727 g/mol. The highest BCUT2D eigenvalue weighted by atomic mass is 16.3. The van der Waals surface area contributed by atoms with Gasteiger partial charge < -0.3 is 15.5 Å². The molecule has 0 radical (unpaired) electrons. The normalized spacial score (nSPS) is 18.9. The van der Waals surface area contributed by atoms with Gasteiger partial charge in [-0.2, -0.15) is 0 Å². The van der Waals surface area contributed by atoms with Crippen LogP contribution in [0, 0.1) is 13.8 Å². The number of nitrogens with zero attached hydrogens (tertiary/aromatic N) is 4. The summed E-state index contributed by atoms with van der Waals surface area (Å²) in [6, 6.07) is 16.1. The highest BCUT2D eigenvalue weighted by molar-refractivity contribution is 6.04. The van der Waals surface area contributed by atoms with Gasteiger partial charge in [-0.05, 0) is 145 Å². The number of amides is 1. The zero-order chi connectivity index (χ0) is 37.3. The summed E-state index contributed by atoms with van der Waals surface area (Å²) in [6.07, 6.45) is 11.4. The number of rotatable bonds is 12. The summed E-state index contributed by atoms with van der Waals surface area (Å²) in [5, 5.41) is 23.0. The molecule has 8 rings (SSSR count). The van der Waals surface area contributed by atoms with Crippen LogP contribution in [0.3, 0.4) is 0 Å². The summed E-state index contributed by atoms with van der Waals surface area (Å²) in [6.45, 7) is 9.24. The third-order valence-electron chi connectivity index (χ3n) is 12.2. The number of aliphatic hydroxyl groups is 2. The lowest BCUT2D eigenvalue weighted by Crippen LogP contribution is -2.35. The lowest BCUT2D eigenvalue weighted by atomic mass is 9.90. The number of aromatic nitrogens is 2. The molecular weight excluding hydrogens is 675 g/mol. The number of piperidine rings is 2. The largest absolute Gasteiger partial charge is 0.393 e. The van der Waals surface area contributed by atoms with Gasteiger partial charge in [0.05, 0.1) is 12.2 Å². The Labute approximate surface area is 318 Å². The van der Waals surface area contributed by atoms with Crippen molar-refractivity contribution in [2.24, 2.45) is 0 Å². The van der Waals surface area contributed by atoms with Crippen molar-refractivity contribution in [1.82, 2.24) is 19.8 Å². The first-order chi connectivity index (χ1) is 26.2. The number of hydrogen-bond acceptors (Lipinski definition) is 8. The van der Waals surface area contributed by atoms with Gasteiger partial charge in [0, 0.05) is 63.8 Å². The first-order valence-electron chi connectivity index (χ1n) is 20.0. The van der Waals surface area contributed by atoms with E-state index in [0.29, 0.717) is 23.2 Å². The summed E-state index contributed by atoms with van der Waals surface area (Å²) in [5.41, 5.74) is 11.6. The van der Waals surface area contributed by atoms with Gasteiger partial charge in [0.2, 0.25) is 0 Å². The number of pyridine rings is 2. The number of ketones is 1. The van der Waals surface area contributed by atoms with Crippen molar-refractivity contribution in [3.8, 4) is 11.1 Å². The van der Waals surface area contributed by atoms with E-state index in [1.54, 1.807) is 0 Å². The van der Waals surface area contributed by atoms with Gasteiger partial charge in [-0.3, -0.25) is 29.4 Å². The predicted molar refractivity (Wildman–Crippen MR) is 211 cm³/mol. The average Bonchev–Trinajstić information content (AvgIpc) is 4.11. The van der Waals surface area contributed by atoms with E-state index < -0.39 is 0 Å². The van der Waals surface area contributed by atoms with Crippen LogP contribution in [0.2, 0.25) is 0 Å². The molecule has 4 heterocycles. The number of Topliss-reactive ketones (excluding diaryl/α,β-unsaturated/α-hetero) is 1. The summed E-state index contributed by atoms with van der Waals surface area (Å²) >= 11 is 0. The van der Waals surface area contributed by atoms with E-state index in [-0.39, 0.29) is 30.3 Å². The molecule has 4 aromatic rings. The van der Waals surface area contributed by atoms with Gasteiger partial charge in [0.15, 0.2) is 5.78 Å². The molecule has 2 aromatic heterocycles. The molecule has 2 aliphatic carbocycles. The molecular formula is C45H53N5O4. The van der Waals surface area contributed by atoms with E-state index in [2.05, 4.69) is 44.1 Å². The van der Waals surface area contributed by atoms with Gasteiger partial charge in [-0.1, -0.05) is 30.3 Å². The molecule has 4 fully saturated rings. The van der Waals surface area contributed by atoms with Crippen molar-refractivity contribution < 1.29 is 19.8 Å². The van der Waals surface area contributed by atoms with Gasteiger partial charge in [-0.25, -0.2) is 0 Å². The SMILES string of the molecule is Cc1c(CC(=O)c2cc(C3CC3)c(CN3CCC(O)CC3)cn2)cccc1-c1cccc(NC(=O)c2cc(C3CC3)c(CN3CCC(O)CC3)cn2)c1C. The van der Waals surface area contributed by atoms with Crippen molar-refractivity contribution in [2.75, 3.05) is 31.5 Å². The lowest BCUT2D eigenvalue weighted by Gasteiger charge is -2.30. The molecule has 4 aliphatic rings. The Bertz CT molecular complexity index is 1880. The Morgan fingerprint density at radius 2 is 1.17 bits per heavy atom. The maximum Gasteiger partial charge on any atom is 0.274 e. The fourth-order valence-corrected chi connectivity index (χ4v) is 8.40. The average molecular weight is 728 g/mol. The molecule has 0 bridgehead atoms. The zero-order valence-corrected chi connectivity index (χ0v) is 31.7. The molecule has 54 heavy (non-hydrogen) atoms. The van der Waals surface area contributed by atoms with Crippen LogP contribution in [0.4, 0.5) is 5.69 Å². The van der Waals surface area contributed by atoms with Crippen molar-refractivity contribution in [1.29, 1.82) is 0 Å². The molecule has 2 saturated carbocycles. The number of likely N-dealkylation sites (tertiary alicyclic amines) is 2. The van der Waals surface area contributed by atoms with E-state index in [9.17, 15) is 19.8 Å². The Hall–Kier alpha value is -4.28. The van der Waals surface area contributed by atoms with E-state index in [1.807, 2.05) is 55.7 Å². The van der Waals surface area contributed by atoms with Crippen LogP contribution in [-0.4, -0.2) is 80.1 Å². The number of anilines is 1. The first kappa shape index (κ1) is 36.7. The minimum Gasteiger partial charge on any atom is -0.393 e. The summed E-state index contributed by atoms with van der Waals surface area (Å²) in [4.78, 5) is 41.5. The van der Waals surface area contributed by atoms with Crippen molar-refractivity contribution in [2.45, 2.75) is 109 Å². The molecule has 3 N–H and O–H groups in total. The van der Waals surface area contributed by atoms with Crippen LogP contribution in [0.25, 0.3) is 11.1 Å². The lowest BCUT2D eigenvalue weighted by molar-refractivity contribution is 0.0788. The van der Waals surface area contributed by atoms with Gasteiger partial charge in [0.25, 0.3) is 5.91 Å². The maximum absolute atomic E-state index is 13.8.